The number of rotatable bonds is 4. The van der Waals surface area contributed by atoms with Gasteiger partial charge in [0, 0.05) is 12.6 Å². The summed E-state index contributed by atoms with van der Waals surface area (Å²) in [6.07, 6.45) is 3.75. The van der Waals surface area contributed by atoms with Crippen LogP contribution in [-0.2, 0) is 0 Å². The predicted molar refractivity (Wildman–Crippen MR) is 86.3 cm³/mol. The van der Waals surface area contributed by atoms with Crippen LogP contribution in [0.15, 0.2) is 22.7 Å². The Kier molecular flexibility index (Phi) is 4.00. The topological polar surface area (TPSA) is 67.6 Å². The number of oxazole rings is 1. The lowest BCUT2D eigenvalue weighted by Crippen LogP contribution is -2.57. The lowest BCUT2D eigenvalue weighted by atomic mass is 9.84. The van der Waals surface area contributed by atoms with Crippen LogP contribution in [-0.4, -0.2) is 41.5 Å². The standard InChI is InChI=1S/C15H16ClN3O3S/c16-15-17-7-12(22-15)21-13-2-1-11(23-13)14(20)18-10-8-19-5-3-9(10)4-6-19/h1-2,7,9-10H,3-6,8H2,(H,18,20). The van der Waals surface area contributed by atoms with Gasteiger partial charge in [0.05, 0.1) is 4.88 Å². The van der Waals surface area contributed by atoms with E-state index in [0.717, 1.165) is 19.6 Å². The third-order valence-electron chi connectivity index (χ3n) is 4.44. The number of hydrogen-bond donors (Lipinski definition) is 1. The van der Waals surface area contributed by atoms with Gasteiger partial charge >= 0.3 is 5.95 Å². The van der Waals surface area contributed by atoms with Gasteiger partial charge in [0.15, 0.2) is 5.06 Å². The highest BCUT2D eigenvalue weighted by molar-refractivity contribution is 7.15. The summed E-state index contributed by atoms with van der Waals surface area (Å²) in [7, 11) is 0. The number of carbonyl (C=O) groups excluding carboxylic acids is 1. The van der Waals surface area contributed by atoms with Crippen molar-refractivity contribution in [1.29, 1.82) is 0 Å². The molecule has 0 radical (unpaired) electrons. The van der Waals surface area contributed by atoms with Gasteiger partial charge in [-0.25, -0.2) is 4.98 Å². The summed E-state index contributed by atoms with van der Waals surface area (Å²) in [6, 6.07) is 3.76. The number of nitrogens with one attached hydrogen (secondary N) is 1. The minimum atomic E-state index is -0.0424. The summed E-state index contributed by atoms with van der Waals surface area (Å²) in [5.41, 5.74) is 0. The van der Waals surface area contributed by atoms with E-state index >= 15 is 0 Å². The molecule has 3 saturated heterocycles. The fourth-order valence-electron chi connectivity index (χ4n) is 3.25. The molecule has 0 aromatic carbocycles. The van der Waals surface area contributed by atoms with E-state index in [2.05, 4.69) is 15.2 Å². The first-order valence-electron chi connectivity index (χ1n) is 7.59. The second-order valence-corrected chi connectivity index (χ2v) is 7.24. The minimum Gasteiger partial charge on any atom is -0.414 e. The van der Waals surface area contributed by atoms with Gasteiger partial charge in [-0.3, -0.25) is 4.79 Å². The predicted octanol–water partition coefficient (Wildman–Crippen LogP) is 3.01. The maximum absolute atomic E-state index is 12.4. The maximum Gasteiger partial charge on any atom is 0.312 e. The molecule has 5 heterocycles. The van der Waals surface area contributed by atoms with Crippen LogP contribution < -0.4 is 10.1 Å². The average Bonchev–Trinajstić information content (AvgIpc) is 3.18. The fraction of sp³-hybridized carbons (Fsp3) is 0.467. The molecule has 6 nitrogen and oxygen atoms in total. The molecule has 1 atom stereocenters. The Morgan fingerprint density at radius 2 is 2.26 bits per heavy atom. The van der Waals surface area contributed by atoms with Gasteiger partial charge < -0.3 is 19.4 Å². The Morgan fingerprint density at radius 3 is 2.91 bits per heavy atom. The summed E-state index contributed by atoms with van der Waals surface area (Å²) in [4.78, 5) is 19.2. The first-order chi connectivity index (χ1) is 11.2. The third-order valence-corrected chi connectivity index (χ3v) is 5.57. The Labute approximate surface area is 142 Å². The van der Waals surface area contributed by atoms with Gasteiger partial charge in [-0.2, -0.15) is 0 Å². The van der Waals surface area contributed by atoms with E-state index < -0.39 is 0 Å². The van der Waals surface area contributed by atoms with Gasteiger partial charge in [-0.15, -0.1) is 0 Å². The van der Waals surface area contributed by atoms with E-state index in [1.165, 1.54) is 30.4 Å². The lowest BCUT2D eigenvalue weighted by Gasteiger charge is -2.44. The third kappa shape index (κ3) is 3.22. The van der Waals surface area contributed by atoms with Crippen molar-refractivity contribution in [2.45, 2.75) is 18.9 Å². The first kappa shape index (κ1) is 15.0. The molecule has 2 aromatic rings. The number of fused-ring (bicyclic) bond motifs is 3. The minimum absolute atomic E-state index is 0.0249. The maximum atomic E-state index is 12.4. The molecule has 1 amide bonds. The van der Waals surface area contributed by atoms with Crippen LogP contribution in [0.2, 0.25) is 5.35 Å². The molecule has 8 heteroatoms. The van der Waals surface area contributed by atoms with Crippen LogP contribution in [0.3, 0.4) is 0 Å². The van der Waals surface area contributed by atoms with Gasteiger partial charge in [-0.05, 0) is 55.6 Å². The van der Waals surface area contributed by atoms with Crippen LogP contribution >= 0.6 is 22.9 Å². The summed E-state index contributed by atoms with van der Waals surface area (Å²) in [6.45, 7) is 3.28. The second-order valence-electron chi connectivity index (χ2n) is 5.87. The quantitative estimate of drug-likeness (QED) is 0.915. The molecule has 2 aromatic heterocycles. The molecule has 5 rings (SSSR count). The van der Waals surface area contributed by atoms with Crippen molar-refractivity contribution < 1.29 is 13.9 Å². The number of hydrogen-bond acceptors (Lipinski definition) is 6. The summed E-state index contributed by atoms with van der Waals surface area (Å²) >= 11 is 6.87. The fourth-order valence-corrected chi connectivity index (χ4v) is 4.14. The molecular formula is C15H16ClN3O3S. The zero-order valence-corrected chi connectivity index (χ0v) is 13.9. The van der Waals surface area contributed by atoms with E-state index in [0.29, 0.717) is 15.9 Å². The van der Waals surface area contributed by atoms with Crippen molar-refractivity contribution in [3.05, 3.63) is 28.6 Å². The molecule has 1 unspecified atom stereocenters. The highest BCUT2D eigenvalue weighted by Crippen LogP contribution is 2.31. The van der Waals surface area contributed by atoms with Crippen LogP contribution in [0.5, 0.6) is 11.0 Å². The number of thiophene rings is 1. The van der Waals surface area contributed by atoms with Crippen LogP contribution in [0.4, 0.5) is 0 Å². The highest BCUT2D eigenvalue weighted by Gasteiger charge is 2.35. The van der Waals surface area contributed by atoms with Crippen LogP contribution in [0, 0.1) is 5.92 Å². The van der Waals surface area contributed by atoms with Crippen molar-refractivity contribution in [2.24, 2.45) is 5.92 Å². The van der Waals surface area contributed by atoms with Gasteiger partial charge in [-0.1, -0.05) is 11.3 Å². The van der Waals surface area contributed by atoms with E-state index in [9.17, 15) is 4.79 Å². The van der Waals surface area contributed by atoms with Gasteiger partial charge in [0.2, 0.25) is 0 Å². The Hall–Kier alpha value is -1.57. The molecule has 3 aliphatic rings. The monoisotopic (exact) mass is 353 g/mol. The van der Waals surface area contributed by atoms with Crippen molar-refractivity contribution in [3.8, 4) is 11.0 Å². The molecule has 0 saturated carbocycles. The first-order valence-corrected chi connectivity index (χ1v) is 8.79. The molecule has 23 heavy (non-hydrogen) atoms. The van der Waals surface area contributed by atoms with Crippen molar-refractivity contribution in [3.63, 3.8) is 0 Å². The number of carbonyl (C=O) groups is 1. The summed E-state index contributed by atoms with van der Waals surface area (Å²) in [5.74, 6) is 0.774. The summed E-state index contributed by atoms with van der Waals surface area (Å²) in [5, 5.41) is 3.76. The molecule has 1 N–H and O–H groups in total. The normalized spacial score (nSPS) is 26.2. The Bertz CT molecular complexity index is 708. The molecular weight excluding hydrogens is 338 g/mol. The number of nitrogens with zero attached hydrogens (tertiary/aromatic N) is 2. The Balaban J connectivity index is 1.39. The van der Waals surface area contributed by atoms with Crippen LogP contribution in [0.1, 0.15) is 22.5 Å². The largest absolute Gasteiger partial charge is 0.414 e. The van der Waals surface area contributed by atoms with Crippen molar-refractivity contribution in [1.82, 2.24) is 15.2 Å². The number of ether oxygens (including phenoxy) is 1. The molecule has 3 fully saturated rings. The lowest BCUT2D eigenvalue weighted by molar-refractivity contribution is 0.0622. The average molecular weight is 354 g/mol. The molecule has 122 valence electrons. The summed E-state index contributed by atoms with van der Waals surface area (Å²) < 4.78 is 10.5. The number of halogens is 1. The van der Waals surface area contributed by atoms with Gasteiger partial charge in [0.25, 0.3) is 11.3 Å². The molecule has 0 spiro atoms. The zero-order valence-electron chi connectivity index (χ0n) is 12.3. The SMILES string of the molecule is O=C(NC1CN2CCC1CC2)c1ccc(Oc2cnc(Cl)o2)s1. The van der Waals surface area contributed by atoms with E-state index in [-0.39, 0.29) is 23.2 Å². The van der Waals surface area contributed by atoms with Crippen LogP contribution in [0.25, 0.3) is 0 Å². The molecule has 3 aliphatic heterocycles. The van der Waals surface area contributed by atoms with Crippen molar-refractivity contribution in [2.75, 3.05) is 19.6 Å². The smallest absolute Gasteiger partial charge is 0.312 e. The zero-order chi connectivity index (χ0) is 15.8. The number of aromatic nitrogens is 1. The molecule has 2 bridgehead atoms. The number of piperidine rings is 3. The Morgan fingerprint density at radius 1 is 1.43 bits per heavy atom. The highest BCUT2D eigenvalue weighted by atomic mass is 35.5. The number of amides is 1. The molecule has 0 aliphatic carbocycles. The van der Waals surface area contributed by atoms with E-state index in [1.54, 1.807) is 12.1 Å². The van der Waals surface area contributed by atoms with E-state index in [4.69, 9.17) is 20.8 Å². The van der Waals surface area contributed by atoms with Crippen molar-refractivity contribution >= 4 is 28.8 Å². The second kappa shape index (κ2) is 6.14. The van der Waals surface area contributed by atoms with Gasteiger partial charge in [0.1, 0.15) is 6.20 Å². The van der Waals surface area contributed by atoms with E-state index in [1.807, 2.05) is 0 Å².